The quantitative estimate of drug-likeness (QED) is 0.324. The fourth-order valence-corrected chi connectivity index (χ4v) is 4.86. The molecule has 1 aromatic heterocycles. The Morgan fingerprint density at radius 3 is 2.59 bits per heavy atom. The molecule has 0 unspecified atom stereocenters. The highest BCUT2D eigenvalue weighted by Gasteiger charge is 2.28. The monoisotopic (exact) mass is 504 g/mol. The summed E-state index contributed by atoms with van der Waals surface area (Å²) in [4.78, 5) is 25.5. The van der Waals surface area contributed by atoms with Gasteiger partial charge in [-0.1, -0.05) is 38.0 Å². The predicted molar refractivity (Wildman–Crippen MR) is 145 cm³/mol. The third kappa shape index (κ3) is 7.13. The number of rotatable bonds is 10. The molecule has 0 amide bonds. The van der Waals surface area contributed by atoms with Crippen LogP contribution in [0.3, 0.4) is 0 Å². The number of ether oxygens (including phenoxy) is 1. The van der Waals surface area contributed by atoms with E-state index in [0.29, 0.717) is 6.04 Å². The summed E-state index contributed by atoms with van der Waals surface area (Å²) in [6, 6.07) is 13.0. The lowest BCUT2D eigenvalue weighted by molar-refractivity contribution is -0.119. The smallest absolute Gasteiger partial charge is 0.225 e. The molecule has 1 aliphatic rings. The number of hydrogen-bond donors (Lipinski definition) is 0. The summed E-state index contributed by atoms with van der Waals surface area (Å²) in [5, 5.41) is 0. The Balaban J connectivity index is 1.47. The van der Waals surface area contributed by atoms with E-state index in [2.05, 4.69) is 39.7 Å². The lowest BCUT2D eigenvalue weighted by Crippen LogP contribution is -2.53. The molecule has 1 aliphatic heterocycles. The maximum Gasteiger partial charge on any atom is 0.225 e. The first-order chi connectivity index (χ1) is 17.8. The Bertz CT molecular complexity index is 1200. The third-order valence-corrected chi connectivity index (χ3v) is 6.69. The molecule has 7 heteroatoms. The van der Waals surface area contributed by atoms with Crippen molar-refractivity contribution in [1.82, 2.24) is 14.9 Å². The van der Waals surface area contributed by atoms with E-state index >= 15 is 0 Å². The second kappa shape index (κ2) is 11.8. The highest BCUT2D eigenvalue weighted by atomic mass is 19.1. The van der Waals surface area contributed by atoms with Crippen LogP contribution >= 0.6 is 0 Å². The summed E-state index contributed by atoms with van der Waals surface area (Å²) in [6.07, 6.45) is 7.75. The Morgan fingerprint density at radius 1 is 1.11 bits per heavy atom. The number of hydrogen-bond acceptors (Lipinski definition) is 6. The average molecular weight is 505 g/mol. The molecule has 0 saturated carbocycles. The molecule has 196 valence electrons. The summed E-state index contributed by atoms with van der Waals surface area (Å²) in [6.45, 7) is 11.3. The molecule has 1 fully saturated rings. The Morgan fingerprint density at radius 2 is 1.89 bits per heavy atom. The minimum Gasteiger partial charge on any atom is -0.480 e. The van der Waals surface area contributed by atoms with Gasteiger partial charge in [-0.3, -0.25) is 9.69 Å². The fourth-order valence-electron chi connectivity index (χ4n) is 4.86. The summed E-state index contributed by atoms with van der Waals surface area (Å²) in [5.74, 6) is 1.18. The summed E-state index contributed by atoms with van der Waals surface area (Å²) >= 11 is 0. The van der Waals surface area contributed by atoms with Gasteiger partial charge in [-0.05, 0) is 68.1 Å². The highest BCUT2D eigenvalue weighted by molar-refractivity contribution is 5.62. The van der Waals surface area contributed by atoms with E-state index in [1.165, 1.54) is 17.7 Å². The van der Waals surface area contributed by atoms with Crippen molar-refractivity contribution < 1.29 is 13.9 Å². The maximum atomic E-state index is 13.6. The van der Waals surface area contributed by atoms with Gasteiger partial charge in [-0.2, -0.15) is 0 Å². The Labute approximate surface area is 219 Å². The molecule has 6 nitrogen and oxygen atoms in total. The molecule has 0 aliphatic carbocycles. The standard InChI is InChI=1S/C30H37FN4O2/c1-5-6-10-27-20-34(19-23-13-22(2)14-28(15-23)37-30(3,4)21-36)11-12-35(27)29-32-17-25(18-33-29)24-8-7-9-26(31)16-24/h7-9,13-18,21,27H,5-6,10-12,19-20H2,1-4H3/t27-/m1/s1. The first kappa shape index (κ1) is 26.7. The van der Waals surface area contributed by atoms with Crippen molar-refractivity contribution in [2.45, 2.75) is 65.1 Å². The van der Waals surface area contributed by atoms with E-state index in [1.807, 2.05) is 18.2 Å². The average Bonchev–Trinajstić information content (AvgIpc) is 2.87. The van der Waals surface area contributed by atoms with Crippen LogP contribution in [0.15, 0.2) is 54.9 Å². The van der Waals surface area contributed by atoms with E-state index < -0.39 is 5.60 Å². The van der Waals surface area contributed by atoms with Crippen LogP contribution in [0.5, 0.6) is 5.75 Å². The number of carbonyl (C=O) groups excluding carboxylic acids is 1. The van der Waals surface area contributed by atoms with Crippen LogP contribution < -0.4 is 9.64 Å². The van der Waals surface area contributed by atoms with Crippen molar-refractivity contribution in [2.75, 3.05) is 24.5 Å². The van der Waals surface area contributed by atoms with E-state index in [1.54, 1.807) is 32.3 Å². The zero-order valence-electron chi connectivity index (χ0n) is 22.3. The number of benzene rings is 2. The van der Waals surface area contributed by atoms with Crippen LogP contribution in [-0.4, -0.2) is 52.4 Å². The van der Waals surface area contributed by atoms with Crippen molar-refractivity contribution in [2.24, 2.45) is 0 Å². The number of halogens is 1. The van der Waals surface area contributed by atoms with Crippen molar-refractivity contribution in [3.05, 3.63) is 71.8 Å². The van der Waals surface area contributed by atoms with Gasteiger partial charge in [-0.25, -0.2) is 14.4 Å². The van der Waals surface area contributed by atoms with Gasteiger partial charge in [0.25, 0.3) is 0 Å². The van der Waals surface area contributed by atoms with Gasteiger partial charge in [0.15, 0.2) is 11.9 Å². The number of nitrogens with zero attached hydrogens (tertiary/aromatic N) is 4. The van der Waals surface area contributed by atoms with Crippen molar-refractivity contribution in [3.8, 4) is 16.9 Å². The van der Waals surface area contributed by atoms with Gasteiger partial charge < -0.3 is 9.64 Å². The molecule has 1 atom stereocenters. The number of unbranched alkanes of at least 4 members (excludes halogenated alkanes) is 1. The predicted octanol–water partition coefficient (Wildman–Crippen LogP) is 5.83. The van der Waals surface area contributed by atoms with Gasteiger partial charge in [0.1, 0.15) is 11.6 Å². The molecule has 3 aromatic rings. The zero-order chi connectivity index (χ0) is 26.4. The normalized spacial score (nSPS) is 16.6. The number of anilines is 1. The highest BCUT2D eigenvalue weighted by Crippen LogP contribution is 2.26. The number of carbonyl (C=O) groups is 1. The summed E-state index contributed by atoms with van der Waals surface area (Å²) in [7, 11) is 0. The number of aryl methyl sites for hydroxylation is 1. The molecule has 1 saturated heterocycles. The molecule has 2 heterocycles. The molecule has 0 bridgehead atoms. The lowest BCUT2D eigenvalue weighted by Gasteiger charge is -2.41. The van der Waals surface area contributed by atoms with Crippen LogP contribution in [0.1, 0.15) is 51.2 Å². The molecule has 0 N–H and O–H groups in total. The minimum absolute atomic E-state index is 0.267. The summed E-state index contributed by atoms with van der Waals surface area (Å²) < 4.78 is 19.6. The number of piperazine rings is 1. The second-order valence-electron chi connectivity index (χ2n) is 10.5. The van der Waals surface area contributed by atoms with Gasteiger partial charge in [0.2, 0.25) is 5.95 Å². The fraction of sp³-hybridized carbons (Fsp3) is 0.433. The van der Waals surface area contributed by atoms with Crippen LogP contribution in [0.4, 0.5) is 10.3 Å². The van der Waals surface area contributed by atoms with Crippen LogP contribution in [-0.2, 0) is 11.3 Å². The second-order valence-corrected chi connectivity index (χ2v) is 10.5. The Hall–Kier alpha value is -3.32. The van der Waals surface area contributed by atoms with Gasteiger partial charge in [0.05, 0.1) is 0 Å². The van der Waals surface area contributed by atoms with Crippen molar-refractivity contribution in [1.29, 1.82) is 0 Å². The van der Waals surface area contributed by atoms with E-state index in [-0.39, 0.29) is 5.82 Å². The number of aromatic nitrogens is 2. The van der Waals surface area contributed by atoms with Crippen molar-refractivity contribution >= 4 is 12.2 Å². The largest absolute Gasteiger partial charge is 0.480 e. The van der Waals surface area contributed by atoms with E-state index in [0.717, 1.165) is 80.1 Å². The Kier molecular flexibility index (Phi) is 8.54. The zero-order valence-corrected chi connectivity index (χ0v) is 22.3. The molecular weight excluding hydrogens is 467 g/mol. The topological polar surface area (TPSA) is 58.6 Å². The molecule has 4 rings (SSSR count). The summed E-state index contributed by atoms with van der Waals surface area (Å²) in [5.41, 5.74) is 3.02. The molecule has 2 aromatic carbocycles. The van der Waals surface area contributed by atoms with Crippen LogP contribution in [0.25, 0.3) is 11.1 Å². The lowest BCUT2D eigenvalue weighted by atomic mass is 10.0. The molecule has 0 spiro atoms. The van der Waals surface area contributed by atoms with Crippen LogP contribution in [0, 0.1) is 12.7 Å². The van der Waals surface area contributed by atoms with Crippen LogP contribution in [0.2, 0.25) is 0 Å². The first-order valence-corrected chi connectivity index (χ1v) is 13.1. The van der Waals surface area contributed by atoms with Gasteiger partial charge in [-0.15, -0.1) is 0 Å². The third-order valence-electron chi connectivity index (χ3n) is 6.69. The van der Waals surface area contributed by atoms with Gasteiger partial charge in [0, 0.05) is 50.2 Å². The van der Waals surface area contributed by atoms with E-state index in [4.69, 9.17) is 4.74 Å². The molecule has 0 radical (unpaired) electrons. The van der Waals surface area contributed by atoms with Crippen molar-refractivity contribution in [3.63, 3.8) is 0 Å². The number of aldehydes is 1. The molecule has 37 heavy (non-hydrogen) atoms. The minimum atomic E-state index is -0.855. The SMILES string of the molecule is CCCC[C@@H]1CN(Cc2cc(C)cc(OC(C)(C)C=O)c2)CCN1c1ncc(-c2cccc(F)c2)cn1. The van der Waals surface area contributed by atoms with E-state index in [9.17, 15) is 9.18 Å². The van der Waals surface area contributed by atoms with Gasteiger partial charge >= 0.3 is 0 Å². The maximum absolute atomic E-state index is 13.6. The molecular formula is C30H37FN4O2. The first-order valence-electron chi connectivity index (χ1n) is 13.1.